The van der Waals surface area contributed by atoms with E-state index in [4.69, 9.17) is 22.6 Å². The van der Waals surface area contributed by atoms with Crippen LogP contribution in [0.5, 0.6) is 0 Å². The van der Waals surface area contributed by atoms with Crippen LogP contribution in [-0.4, -0.2) is 45.7 Å². The Bertz CT molecular complexity index is 1300. The molecule has 0 atom stereocenters. The van der Waals surface area contributed by atoms with Crippen LogP contribution in [0.1, 0.15) is 60.7 Å². The second-order valence-corrected chi connectivity index (χ2v) is 7.85. The van der Waals surface area contributed by atoms with Gasteiger partial charge in [0.1, 0.15) is 5.15 Å². The van der Waals surface area contributed by atoms with Gasteiger partial charge in [-0.25, -0.2) is 14.5 Å². The predicted molar refractivity (Wildman–Crippen MR) is 115 cm³/mol. The largest absolute Gasteiger partial charge is 0.378 e. The Morgan fingerprint density at radius 3 is 2.64 bits per heavy atom. The molecule has 0 aliphatic carbocycles. The van der Waals surface area contributed by atoms with E-state index in [-0.39, 0.29) is 16.2 Å². The number of thiazole rings is 1. The maximum Gasteiger partial charge on any atom is 0.187 e. The quantitative estimate of drug-likeness (QED) is 0.581. The first-order valence-corrected chi connectivity index (χ1v) is 10.2. The fraction of sp³-hybridized carbons (Fsp3) is 0.550. The highest BCUT2D eigenvalue weighted by Crippen LogP contribution is 2.41. The van der Waals surface area contributed by atoms with Crippen LogP contribution in [0.2, 0.25) is 5.15 Å². The zero-order valence-electron chi connectivity index (χ0n) is 24.0. The standard InChI is InChI=1S/C20H26ClN5OS/c1-5-14(6-2)15-11-12(3)22-19-16(13(4)24-26(15)19)17-18(21)23-20(28-17)25-7-9-27-10-8-25/h11,14H,5-10H2,1-4H3/i7D2,8D2,9D2,10D2. The monoisotopic (exact) mass is 427 g/mol. The van der Waals surface area contributed by atoms with Crippen LogP contribution in [0.4, 0.5) is 5.13 Å². The molecule has 0 radical (unpaired) electrons. The average Bonchev–Trinajstić information content (AvgIpc) is 3.25. The molecular weight excluding hydrogens is 394 g/mol. The predicted octanol–water partition coefficient (Wildman–Crippen LogP) is 4.86. The fourth-order valence-electron chi connectivity index (χ4n) is 3.36. The Morgan fingerprint density at radius 2 is 1.96 bits per heavy atom. The lowest BCUT2D eigenvalue weighted by Crippen LogP contribution is -2.36. The summed E-state index contributed by atoms with van der Waals surface area (Å²) in [6.07, 6.45) is 1.81. The summed E-state index contributed by atoms with van der Waals surface area (Å²) in [5, 5.41) is 4.26. The normalized spacial score (nSPS) is 26.6. The highest BCUT2D eigenvalue weighted by Gasteiger charge is 2.25. The molecule has 6 nitrogen and oxygen atoms in total. The Labute approximate surface area is 185 Å². The van der Waals surface area contributed by atoms with E-state index in [0.717, 1.165) is 35.6 Å². The molecule has 0 amide bonds. The minimum absolute atomic E-state index is 0.0837. The zero-order chi connectivity index (χ0) is 27.0. The Hall–Kier alpha value is -1.70. The van der Waals surface area contributed by atoms with E-state index in [2.05, 4.69) is 33.7 Å². The minimum Gasteiger partial charge on any atom is -0.378 e. The number of rotatable bonds is 5. The Morgan fingerprint density at radius 1 is 1.25 bits per heavy atom. The summed E-state index contributed by atoms with van der Waals surface area (Å²) in [6.45, 7) is -4.77. The molecule has 28 heavy (non-hydrogen) atoms. The number of aromatic nitrogens is 4. The Balaban J connectivity index is 1.94. The van der Waals surface area contributed by atoms with Gasteiger partial charge in [0.15, 0.2) is 10.8 Å². The molecule has 4 rings (SSSR count). The summed E-state index contributed by atoms with van der Waals surface area (Å²) >= 11 is 7.31. The molecule has 1 fully saturated rings. The van der Waals surface area contributed by atoms with Gasteiger partial charge in [0.25, 0.3) is 0 Å². The van der Waals surface area contributed by atoms with Crippen molar-refractivity contribution in [2.45, 2.75) is 46.5 Å². The van der Waals surface area contributed by atoms with Crippen LogP contribution < -0.4 is 4.90 Å². The second-order valence-electron chi connectivity index (χ2n) is 6.51. The third kappa shape index (κ3) is 3.40. The number of nitrogens with zero attached hydrogens (tertiary/aromatic N) is 5. The number of halogens is 1. The molecule has 150 valence electrons. The van der Waals surface area contributed by atoms with Crippen molar-refractivity contribution in [2.75, 3.05) is 31.0 Å². The van der Waals surface area contributed by atoms with Crippen LogP contribution in [0.15, 0.2) is 6.07 Å². The third-order valence-electron chi connectivity index (χ3n) is 4.73. The van der Waals surface area contributed by atoms with Crippen LogP contribution >= 0.6 is 22.9 Å². The van der Waals surface area contributed by atoms with E-state index >= 15 is 0 Å². The van der Waals surface area contributed by atoms with Crippen molar-refractivity contribution in [3.8, 4) is 10.4 Å². The van der Waals surface area contributed by atoms with E-state index in [0.29, 0.717) is 26.7 Å². The first-order chi connectivity index (χ1) is 16.5. The molecule has 1 aliphatic rings. The van der Waals surface area contributed by atoms with Crippen molar-refractivity contribution in [2.24, 2.45) is 0 Å². The highest BCUT2D eigenvalue weighted by molar-refractivity contribution is 7.19. The van der Waals surface area contributed by atoms with E-state index < -0.39 is 26.1 Å². The molecule has 0 N–H and O–H groups in total. The van der Waals surface area contributed by atoms with Crippen LogP contribution in [0.25, 0.3) is 16.1 Å². The molecular formula is C20H26ClN5OS. The van der Waals surface area contributed by atoms with Gasteiger partial charge in [-0.2, -0.15) is 5.10 Å². The molecule has 1 saturated heterocycles. The van der Waals surface area contributed by atoms with Gasteiger partial charge in [-0.05, 0) is 32.8 Å². The number of hydrogen-bond acceptors (Lipinski definition) is 6. The van der Waals surface area contributed by atoms with Crippen molar-refractivity contribution in [3.05, 3.63) is 28.3 Å². The number of morpholine rings is 1. The van der Waals surface area contributed by atoms with Gasteiger partial charge in [0.2, 0.25) is 0 Å². The van der Waals surface area contributed by atoms with Gasteiger partial charge in [-0.1, -0.05) is 36.8 Å². The topological polar surface area (TPSA) is 55.5 Å². The van der Waals surface area contributed by atoms with Crippen molar-refractivity contribution >= 4 is 33.7 Å². The summed E-state index contributed by atoms with van der Waals surface area (Å²) in [5.74, 6) is 0.242. The number of aryl methyl sites for hydroxylation is 2. The van der Waals surface area contributed by atoms with Gasteiger partial charge in [0.05, 0.1) is 40.2 Å². The third-order valence-corrected chi connectivity index (χ3v) is 6.18. The molecule has 0 aromatic carbocycles. The first-order valence-electron chi connectivity index (χ1n) is 13.0. The minimum atomic E-state index is -3.19. The van der Waals surface area contributed by atoms with E-state index in [1.165, 1.54) is 0 Å². The molecule has 8 heteroatoms. The highest BCUT2D eigenvalue weighted by atomic mass is 35.5. The SMILES string of the molecule is [2H]C1([2H])OC([2H])([2H])C([2H])([2H])N(c2nc(Cl)c(-c3c(C)nn4c(C(CC)CC)cc(C)nc34)s2)C1([2H])[2H]. The molecule has 4 heterocycles. The lowest BCUT2D eigenvalue weighted by Gasteiger charge is -2.25. The van der Waals surface area contributed by atoms with Crippen LogP contribution in [-0.2, 0) is 4.74 Å². The molecule has 3 aromatic heterocycles. The summed E-state index contributed by atoms with van der Waals surface area (Å²) in [6, 6.07) is 1.99. The molecule has 0 unspecified atom stereocenters. The zero-order valence-corrected chi connectivity index (χ0v) is 17.6. The van der Waals surface area contributed by atoms with Gasteiger partial charge in [-0.3, -0.25) is 0 Å². The van der Waals surface area contributed by atoms with Crippen molar-refractivity contribution in [1.29, 1.82) is 0 Å². The fourth-order valence-corrected chi connectivity index (χ4v) is 4.68. The van der Waals surface area contributed by atoms with E-state index in [1.807, 2.05) is 13.0 Å². The second kappa shape index (κ2) is 7.97. The first kappa shape index (κ1) is 12.1. The van der Waals surface area contributed by atoms with Gasteiger partial charge in [0, 0.05) is 30.3 Å². The molecule has 0 spiro atoms. The summed E-state index contributed by atoms with van der Waals surface area (Å²) in [7, 11) is 0. The van der Waals surface area contributed by atoms with Crippen molar-refractivity contribution < 1.29 is 15.7 Å². The molecule has 0 saturated carbocycles. The summed E-state index contributed by atoms with van der Waals surface area (Å²) in [4.78, 5) is 9.49. The lowest BCUT2D eigenvalue weighted by molar-refractivity contribution is 0.122. The van der Waals surface area contributed by atoms with Gasteiger partial charge < -0.3 is 9.64 Å². The van der Waals surface area contributed by atoms with Crippen molar-refractivity contribution in [1.82, 2.24) is 19.6 Å². The maximum absolute atomic E-state index is 8.31. The number of anilines is 1. The van der Waals surface area contributed by atoms with Gasteiger partial charge >= 0.3 is 0 Å². The summed E-state index contributed by atoms with van der Waals surface area (Å²) < 4.78 is 71.4. The van der Waals surface area contributed by atoms with E-state index in [1.54, 1.807) is 11.4 Å². The number of fused-ring (bicyclic) bond motifs is 1. The average molecular weight is 428 g/mol. The van der Waals surface area contributed by atoms with Crippen LogP contribution in [0.3, 0.4) is 0 Å². The lowest BCUT2D eigenvalue weighted by atomic mass is 9.98. The summed E-state index contributed by atoms with van der Waals surface area (Å²) in [5.41, 5.74) is 3.40. The smallest absolute Gasteiger partial charge is 0.187 e. The molecule has 3 aromatic rings. The number of ether oxygens (including phenoxy) is 1. The van der Waals surface area contributed by atoms with Crippen LogP contribution in [0, 0.1) is 13.8 Å². The molecule has 0 bridgehead atoms. The Kier molecular flexibility index (Phi) is 3.44. The molecule has 1 aliphatic heterocycles. The van der Waals surface area contributed by atoms with Gasteiger partial charge in [-0.15, -0.1) is 0 Å². The van der Waals surface area contributed by atoms with E-state index in [9.17, 15) is 0 Å². The van der Waals surface area contributed by atoms with Crippen molar-refractivity contribution in [3.63, 3.8) is 0 Å². The number of hydrogen-bond donors (Lipinski definition) is 0. The maximum atomic E-state index is 8.31.